The van der Waals surface area contributed by atoms with Gasteiger partial charge in [-0.25, -0.2) is 0 Å². The number of amides is 1. The van der Waals surface area contributed by atoms with Crippen molar-refractivity contribution in [1.29, 1.82) is 0 Å². The molecule has 0 aliphatic rings. The Hall–Kier alpha value is -3.21. The third kappa shape index (κ3) is 5.14. The number of likely N-dealkylation sites (N-methyl/N-ethyl adjacent to an activating group) is 1. The molecule has 5 heteroatoms. The molecule has 0 unspecified atom stereocenters. The summed E-state index contributed by atoms with van der Waals surface area (Å²) < 4.78 is 0. The molecule has 0 aliphatic heterocycles. The van der Waals surface area contributed by atoms with Gasteiger partial charge in [-0.15, -0.1) is 0 Å². The summed E-state index contributed by atoms with van der Waals surface area (Å²) in [5, 5.41) is 3.34. The van der Waals surface area contributed by atoms with Gasteiger partial charge in [-0.3, -0.25) is 14.8 Å². The van der Waals surface area contributed by atoms with Crippen molar-refractivity contribution >= 4 is 17.3 Å². The Labute approximate surface area is 160 Å². The second-order valence-corrected chi connectivity index (χ2v) is 6.80. The molecular weight excluding hydrogens is 336 g/mol. The summed E-state index contributed by atoms with van der Waals surface area (Å²) in [5.74, 6) is -0.0411. The standard InChI is InChI=1S/C22H24N4O/c1-16-10-17(2)12-20(11-16)25-21-13-19(14-24-15-21)22(27)26(3)9-6-18-4-7-23-8-5-18/h4-5,7-8,10-15,25H,6,9H2,1-3H3. The van der Waals surface area contributed by atoms with Gasteiger partial charge in [0.1, 0.15) is 0 Å². The molecule has 0 spiro atoms. The molecule has 1 N–H and O–H groups in total. The predicted octanol–water partition coefficient (Wildman–Crippen LogP) is 4.15. The Bertz CT molecular complexity index is 904. The first-order chi connectivity index (χ1) is 13.0. The number of carbonyl (C=O) groups excluding carboxylic acids is 1. The second-order valence-electron chi connectivity index (χ2n) is 6.80. The fourth-order valence-corrected chi connectivity index (χ4v) is 3.01. The first-order valence-corrected chi connectivity index (χ1v) is 8.96. The third-order valence-electron chi connectivity index (χ3n) is 4.33. The van der Waals surface area contributed by atoms with E-state index >= 15 is 0 Å². The van der Waals surface area contributed by atoms with Crippen LogP contribution in [0.15, 0.2) is 61.2 Å². The highest BCUT2D eigenvalue weighted by Gasteiger charge is 2.13. The topological polar surface area (TPSA) is 58.1 Å². The highest BCUT2D eigenvalue weighted by atomic mass is 16.2. The Morgan fingerprint density at radius 3 is 2.37 bits per heavy atom. The van der Waals surface area contributed by atoms with E-state index in [2.05, 4.69) is 47.3 Å². The van der Waals surface area contributed by atoms with Crippen molar-refractivity contribution in [3.8, 4) is 0 Å². The molecule has 3 rings (SSSR count). The minimum Gasteiger partial charge on any atom is -0.354 e. The number of aromatic nitrogens is 2. The van der Waals surface area contributed by atoms with Gasteiger partial charge in [0.25, 0.3) is 5.91 Å². The maximum atomic E-state index is 12.7. The minimum absolute atomic E-state index is 0.0411. The first kappa shape index (κ1) is 18.6. The Morgan fingerprint density at radius 1 is 0.963 bits per heavy atom. The molecule has 138 valence electrons. The quantitative estimate of drug-likeness (QED) is 0.717. The summed E-state index contributed by atoms with van der Waals surface area (Å²) in [4.78, 5) is 22.7. The highest BCUT2D eigenvalue weighted by molar-refractivity contribution is 5.94. The third-order valence-corrected chi connectivity index (χ3v) is 4.33. The number of anilines is 2. The highest BCUT2D eigenvalue weighted by Crippen LogP contribution is 2.20. The molecule has 2 aromatic heterocycles. The van der Waals surface area contributed by atoms with Crippen LogP contribution in [-0.2, 0) is 6.42 Å². The van der Waals surface area contributed by atoms with Gasteiger partial charge in [0.15, 0.2) is 0 Å². The summed E-state index contributed by atoms with van der Waals surface area (Å²) in [5.41, 5.74) is 5.90. The fourth-order valence-electron chi connectivity index (χ4n) is 3.01. The molecule has 2 heterocycles. The van der Waals surface area contributed by atoms with E-state index in [1.54, 1.807) is 29.7 Å². The molecular formula is C22H24N4O. The number of nitrogens with one attached hydrogen (secondary N) is 1. The van der Waals surface area contributed by atoms with Crippen LogP contribution in [0.4, 0.5) is 11.4 Å². The molecule has 0 fully saturated rings. The number of nitrogens with zero attached hydrogens (tertiary/aromatic N) is 3. The monoisotopic (exact) mass is 360 g/mol. The molecule has 5 nitrogen and oxygen atoms in total. The normalized spacial score (nSPS) is 10.5. The number of benzene rings is 1. The molecule has 1 amide bonds. The van der Waals surface area contributed by atoms with Crippen LogP contribution < -0.4 is 5.32 Å². The maximum Gasteiger partial charge on any atom is 0.255 e. The van der Waals surface area contributed by atoms with Crippen molar-refractivity contribution < 1.29 is 4.79 Å². The molecule has 0 aliphatic carbocycles. The number of pyridine rings is 2. The Kier molecular flexibility index (Phi) is 5.81. The maximum absolute atomic E-state index is 12.7. The second kappa shape index (κ2) is 8.45. The summed E-state index contributed by atoms with van der Waals surface area (Å²) in [7, 11) is 1.81. The van der Waals surface area contributed by atoms with Gasteiger partial charge in [0.2, 0.25) is 0 Å². The van der Waals surface area contributed by atoms with Crippen LogP contribution in [0, 0.1) is 13.8 Å². The van der Waals surface area contributed by atoms with Gasteiger partial charge in [-0.05, 0) is 67.3 Å². The van der Waals surface area contributed by atoms with E-state index in [9.17, 15) is 4.79 Å². The van der Waals surface area contributed by atoms with E-state index in [0.29, 0.717) is 12.1 Å². The zero-order valence-corrected chi connectivity index (χ0v) is 15.9. The largest absolute Gasteiger partial charge is 0.354 e. The van der Waals surface area contributed by atoms with Gasteiger partial charge >= 0.3 is 0 Å². The van der Waals surface area contributed by atoms with Gasteiger partial charge in [-0.1, -0.05) is 6.07 Å². The molecule has 0 atom stereocenters. The van der Waals surface area contributed by atoms with Crippen molar-refractivity contribution in [2.24, 2.45) is 0 Å². The molecule has 0 saturated heterocycles. The Morgan fingerprint density at radius 2 is 1.67 bits per heavy atom. The summed E-state index contributed by atoms with van der Waals surface area (Å²) >= 11 is 0. The molecule has 27 heavy (non-hydrogen) atoms. The summed E-state index contributed by atoms with van der Waals surface area (Å²) in [6.07, 6.45) is 7.66. The molecule has 0 radical (unpaired) electrons. The number of hydrogen-bond acceptors (Lipinski definition) is 4. The fraction of sp³-hybridized carbons (Fsp3) is 0.227. The van der Waals surface area contributed by atoms with E-state index in [1.807, 2.05) is 25.2 Å². The number of rotatable bonds is 6. The van der Waals surface area contributed by atoms with Crippen molar-refractivity contribution in [3.05, 3.63) is 83.4 Å². The lowest BCUT2D eigenvalue weighted by molar-refractivity contribution is 0.0796. The zero-order chi connectivity index (χ0) is 19.2. The minimum atomic E-state index is -0.0411. The van der Waals surface area contributed by atoms with Crippen LogP contribution in [0.5, 0.6) is 0 Å². The van der Waals surface area contributed by atoms with Crippen LogP contribution in [0.3, 0.4) is 0 Å². The van der Waals surface area contributed by atoms with Crippen molar-refractivity contribution in [2.45, 2.75) is 20.3 Å². The average Bonchev–Trinajstić information content (AvgIpc) is 2.65. The van der Waals surface area contributed by atoms with Crippen molar-refractivity contribution in [1.82, 2.24) is 14.9 Å². The van der Waals surface area contributed by atoms with Gasteiger partial charge in [0.05, 0.1) is 17.4 Å². The molecule has 3 aromatic rings. The lowest BCUT2D eigenvalue weighted by Crippen LogP contribution is -2.29. The number of aryl methyl sites for hydroxylation is 2. The van der Waals surface area contributed by atoms with E-state index < -0.39 is 0 Å². The number of carbonyl (C=O) groups is 1. The van der Waals surface area contributed by atoms with E-state index in [-0.39, 0.29) is 5.91 Å². The first-order valence-electron chi connectivity index (χ1n) is 8.96. The molecule has 1 aromatic carbocycles. The van der Waals surface area contributed by atoms with Crippen LogP contribution in [0.25, 0.3) is 0 Å². The smallest absolute Gasteiger partial charge is 0.255 e. The van der Waals surface area contributed by atoms with Gasteiger partial charge < -0.3 is 10.2 Å². The van der Waals surface area contributed by atoms with E-state index in [0.717, 1.165) is 23.4 Å². The SMILES string of the molecule is Cc1cc(C)cc(Nc2cncc(C(=O)N(C)CCc3ccncc3)c2)c1. The van der Waals surface area contributed by atoms with Crippen LogP contribution in [0.2, 0.25) is 0 Å². The van der Waals surface area contributed by atoms with Crippen LogP contribution in [-0.4, -0.2) is 34.4 Å². The Balaban J connectivity index is 1.67. The molecule has 0 saturated carbocycles. The predicted molar refractivity (Wildman–Crippen MR) is 108 cm³/mol. The van der Waals surface area contributed by atoms with Crippen LogP contribution >= 0.6 is 0 Å². The van der Waals surface area contributed by atoms with Crippen molar-refractivity contribution in [2.75, 3.05) is 18.9 Å². The zero-order valence-electron chi connectivity index (χ0n) is 15.9. The summed E-state index contributed by atoms with van der Waals surface area (Å²) in [6, 6.07) is 12.0. The van der Waals surface area contributed by atoms with Crippen LogP contribution in [0.1, 0.15) is 27.0 Å². The molecule has 0 bridgehead atoms. The average molecular weight is 360 g/mol. The van der Waals surface area contributed by atoms with E-state index in [1.165, 1.54) is 11.1 Å². The summed E-state index contributed by atoms with van der Waals surface area (Å²) in [6.45, 7) is 4.76. The van der Waals surface area contributed by atoms with Gasteiger partial charge in [0, 0.05) is 37.9 Å². The van der Waals surface area contributed by atoms with Crippen molar-refractivity contribution in [3.63, 3.8) is 0 Å². The lowest BCUT2D eigenvalue weighted by Gasteiger charge is -2.17. The number of hydrogen-bond donors (Lipinski definition) is 1. The van der Waals surface area contributed by atoms with E-state index in [4.69, 9.17) is 0 Å². The lowest BCUT2D eigenvalue weighted by atomic mass is 10.1. The van der Waals surface area contributed by atoms with Gasteiger partial charge in [-0.2, -0.15) is 0 Å².